The largest absolute Gasteiger partial charge is 0.341 e. The van der Waals surface area contributed by atoms with Gasteiger partial charge in [0.25, 0.3) is 0 Å². The van der Waals surface area contributed by atoms with Crippen molar-refractivity contribution in [1.82, 2.24) is 9.88 Å². The van der Waals surface area contributed by atoms with Crippen LogP contribution in [0.1, 0.15) is 10.6 Å². The van der Waals surface area contributed by atoms with Gasteiger partial charge in [0.15, 0.2) is 0 Å². The number of halogens is 2. The van der Waals surface area contributed by atoms with Gasteiger partial charge in [-0.05, 0) is 24.3 Å². The molecule has 0 saturated carbocycles. The Labute approximate surface area is 158 Å². The number of hydrogen-bond donors (Lipinski definition) is 0. The molecule has 0 fully saturated rings. The Balaban J connectivity index is 1.53. The maximum atomic E-state index is 13.8. The molecule has 25 heavy (non-hydrogen) atoms. The molecule has 3 aromatic rings. The normalized spacial score (nSPS) is 11.0. The molecule has 0 saturated heterocycles. The fourth-order valence-electron chi connectivity index (χ4n) is 2.33. The van der Waals surface area contributed by atoms with Crippen molar-refractivity contribution in [1.29, 1.82) is 0 Å². The molecule has 1 aromatic heterocycles. The van der Waals surface area contributed by atoms with E-state index >= 15 is 0 Å². The molecular weight excluding hydrogens is 379 g/mol. The van der Waals surface area contributed by atoms with Crippen LogP contribution in [0.15, 0.2) is 42.5 Å². The van der Waals surface area contributed by atoms with E-state index in [4.69, 9.17) is 11.6 Å². The third kappa shape index (κ3) is 4.51. The lowest BCUT2D eigenvalue weighted by molar-refractivity contribution is -0.127. The number of thiazole rings is 1. The molecule has 130 valence electrons. The minimum absolute atomic E-state index is 0.0644. The first-order valence-electron chi connectivity index (χ1n) is 7.63. The van der Waals surface area contributed by atoms with Gasteiger partial charge in [0, 0.05) is 29.9 Å². The summed E-state index contributed by atoms with van der Waals surface area (Å²) in [6, 6.07) is 12.5. The van der Waals surface area contributed by atoms with Gasteiger partial charge in [-0.1, -0.05) is 29.8 Å². The summed E-state index contributed by atoms with van der Waals surface area (Å²) < 4.78 is 15.0. The maximum Gasteiger partial charge on any atom is 0.232 e. The molecule has 3 nitrogen and oxygen atoms in total. The molecule has 7 heteroatoms. The van der Waals surface area contributed by atoms with E-state index in [2.05, 4.69) is 4.98 Å². The monoisotopic (exact) mass is 394 g/mol. The summed E-state index contributed by atoms with van der Waals surface area (Å²) >= 11 is 9.16. The molecule has 1 heterocycles. The summed E-state index contributed by atoms with van der Waals surface area (Å²) in [4.78, 5) is 18.3. The average molecular weight is 395 g/mol. The van der Waals surface area contributed by atoms with Crippen LogP contribution in [-0.4, -0.2) is 28.6 Å². The second kappa shape index (κ2) is 8.17. The average Bonchev–Trinajstić information content (AvgIpc) is 3.00. The Morgan fingerprint density at radius 2 is 2.08 bits per heavy atom. The molecule has 3 rings (SSSR count). The van der Waals surface area contributed by atoms with Gasteiger partial charge in [0.05, 0.1) is 16.0 Å². The van der Waals surface area contributed by atoms with Crippen molar-refractivity contribution in [3.8, 4) is 0 Å². The van der Waals surface area contributed by atoms with Crippen molar-refractivity contribution >= 4 is 50.8 Å². The fraction of sp³-hybridized carbons (Fsp3) is 0.222. The minimum Gasteiger partial charge on any atom is -0.341 e. The molecule has 0 unspecified atom stereocenters. The smallest absolute Gasteiger partial charge is 0.232 e. The predicted molar refractivity (Wildman–Crippen MR) is 104 cm³/mol. The molecule has 0 atom stereocenters. The van der Waals surface area contributed by atoms with E-state index < -0.39 is 5.82 Å². The van der Waals surface area contributed by atoms with Crippen molar-refractivity contribution in [2.75, 3.05) is 12.8 Å². The summed E-state index contributed by atoms with van der Waals surface area (Å²) in [6.07, 6.45) is 0. The zero-order chi connectivity index (χ0) is 17.8. The van der Waals surface area contributed by atoms with Crippen LogP contribution in [0.4, 0.5) is 4.39 Å². The molecule has 0 bridgehead atoms. The van der Waals surface area contributed by atoms with E-state index in [9.17, 15) is 9.18 Å². The van der Waals surface area contributed by atoms with Crippen molar-refractivity contribution in [3.63, 3.8) is 0 Å². The summed E-state index contributed by atoms with van der Waals surface area (Å²) in [5.74, 6) is 0.539. The van der Waals surface area contributed by atoms with Crippen LogP contribution < -0.4 is 0 Å². The zero-order valence-electron chi connectivity index (χ0n) is 13.5. The number of para-hydroxylation sites is 1. The third-order valence-corrected chi connectivity index (χ3v) is 6.17. The van der Waals surface area contributed by atoms with Crippen LogP contribution in [0.2, 0.25) is 5.02 Å². The second-order valence-corrected chi connectivity index (χ2v) is 8.03. The number of amides is 1. The summed E-state index contributed by atoms with van der Waals surface area (Å²) in [5, 5.41) is 1.33. The van der Waals surface area contributed by atoms with E-state index in [1.807, 2.05) is 24.3 Å². The lowest BCUT2D eigenvalue weighted by Gasteiger charge is -2.18. The zero-order valence-corrected chi connectivity index (χ0v) is 15.9. The van der Waals surface area contributed by atoms with Gasteiger partial charge < -0.3 is 4.90 Å². The van der Waals surface area contributed by atoms with Crippen LogP contribution in [0.3, 0.4) is 0 Å². The first-order valence-corrected chi connectivity index (χ1v) is 9.98. The standard InChI is InChI=1S/C18H16ClFN2OS2/c1-22(9-12-13(19)5-4-6-14(12)20)18(23)11-24-10-17-21-15-7-2-3-8-16(15)25-17/h2-8H,9-11H2,1H3. The van der Waals surface area contributed by atoms with Gasteiger partial charge in [-0.3, -0.25) is 4.79 Å². The number of fused-ring (bicyclic) bond motifs is 1. The lowest BCUT2D eigenvalue weighted by atomic mass is 10.2. The van der Waals surface area contributed by atoms with Crippen LogP contribution in [0, 0.1) is 5.82 Å². The number of carbonyl (C=O) groups excluding carboxylic acids is 1. The predicted octanol–water partition coefficient (Wildman–Crippen LogP) is 4.98. The van der Waals surface area contributed by atoms with Gasteiger partial charge in [-0.25, -0.2) is 9.37 Å². The highest BCUT2D eigenvalue weighted by molar-refractivity contribution is 7.99. The number of benzene rings is 2. The summed E-state index contributed by atoms with van der Waals surface area (Å²) in [7, 11) is 1.66. The summed E-state index contributed by atoms with van der Waals surface area (Å²) in [5.41, 5.74) is 1.33. The Morgan fingerprint density at radius 1 is 1.28 bits per heavy atom. The maximum absolute atomic E-state index is 13.8. The van der Waals surface area contributed by atoms with Gasteiger partial charge >= 0.3 is 0 Å². The molecule has 0 N–H and O–H groups in total. The Morgan fingerprint density at radius 3 is 2.84 bits per heavy atom. The highest BCUT2D eigenvalue weighted by atomic mass is 35.5. The molecule has 0 aliphatic rings. The number of aromatic nitrogens is 1. The van der Waals surface area contributed by atoms with E-state index in [0.717, 1.165) is 15.2 Å². The van der Waals surface area contributed by atoms with E-state index in [1.54, 1.807) is 30.5 Å². The number of carbonyl (C=O) groups is 1. The molecule has 0 radical (unpaired) electrons. The highest BCUT2D eigenvalue weighted by Crippen LogP contribution is 2.25. The van der Waals surface area contributed by atoms with Crippen LogP contribution in [-0.2, 0) is 17.1 Å². The topological polar surface area (TPSA) is 33.2 Å². The van der Waals surface area contributed by atoms with Crippen molar-refractivity contribution in [2.24, 2.45) is 0 Å². The first kappa shape index (κ1) is 18.2. The number of rotatable bonds is 6. The van der Waals surface area contributed by atoms with Crippen molar-refractivity contribution in [3.05, 3.63) is 63.9 Å². The molecule has 0 spiro atoms. The number of hydrogen-bond acceptors (Lipinski definition) is 4. The molecule has 1 amide bonds. The number of nitrogens with zero attached hydrogens (tertiary/aromatic N) is 2. The Hall–Kier alpha value is -1.63. The quantitative estimate of drug-likeness (QED) is 0.591. The van der Waals surface area contributed by atoms with E-state index in [0.29, 0.717) is 22.1 Å². The van der Waals surface area contributed by atoms with Crippen LogP contribution in [0.25, 0.3) is 10.2 Å². The highest BCUT2D eigenvalue weighted by Gasteiger charge is 2.14. The first-order chi connectivity index (χ1) is 12.0. The molecule has 0 aliphatic heterocycles. The minimum atomic E-state index is -0.394. The lowest BCUT2D eigenvalue weighted by Crippen LogP contribution is -2.28. The second-order valence-electron chi connectivity index (χ2n) is 5.52. The molecular formula is C18H16ClFN2OS2. The van der Waals surface area contributed by atoms with Gasteiger partial charge in [-0.15, -0.1) is 23.1 Å². The molecule has 2 aromatic carbocycles. The van der Waals surface area contributed by atoms with Crippen LogP contribution >= 0.6 is 34.7 Å². The van der Waals surface area contributed by atoms with Gasteiger partial charge in [0.1, 0.15) is 10.8 Å². The van der Waals surface area contributed by atoms with E-state index in [-0.39, 0.29) is 12.5 Å². The van der Waals surface area contributed by atoms with Crippen LogP contribution in [0.5, 0.6) is 0 Å². The summed E-state index contributed by atoms with van der Waals surface area (Å²) in [6.45, 7) is 0.159. The van der Waals surface area contributed by atoms with Gasteiger partial charge in [-0.2, -0.15) is 0 Å². The number of thioether (sulfide) groups is 1. The fourth-order valence-corrected chi connectivity index (χ4v) is 4.53. The van der Waals surface area contributed by atoms with Gasteiger partial charge in [0.2, 0.25) is 5.91 Å². The SMILES string of the molecule is CN(Cc1c(F)cccc1Cl)C(=O)CSCc1nc2ccccc2s1. The molecule has 0 aliphatic carbocycles. The van der Waals surface area contributed by atoms with E-state index in [1.165, 1.54) is 22.7 Å². The van der Waals surface area contributed by atoms with Crippen molar-refractivity contribution in [2.45, 2.75) is 12.3 Å². The third-order valence-electron chi connectivity index (χ3n) is 3.67. The van der Waals surface area contributed by atoms with Crippen molar-refractivity contribution < 1.29 is 9.18 Å². The Bertz CT molecular complexity index is 846. The Kier molecular flexibility index (Phi) is 5.93.